The number of sulfone groups is 1. The topological polar surface area (TPSA) is 89.3 Å². The molecule has 3 N–H and O–H groups in total. The van der Waals surface area contributed by atoms with Crippen LogP contribution in [0.2, 0.25) is 0 Å². The van der Waals surface area contributed by atoms with Crippen LogP contribution >= 0.6 is 0 Å². The van der Waals surface area contributed by atoms with Crippen LogP contribution in [0.25, 0.3) is 0 Å². The average molecular weight is 262 g/mol. The van der Waals surface area contributed by atoms with Crippen LogP contribution in [0.15, 0.2) is 0 Å². The van der Waals surface area contributed by atoms with E-state index in [0.29, 0.717) is 18.4 Å². The van der Waals surface area contributed by atoms with Crippen molar-refractivity contribution in [2.24, 2.45) is 17.6 Å². The number of nitrogens with two attached hydrogens (primary N) is 1. The Morgan fingerprint density at radius 1 is 1.24 bits per heavy atom. The van der Waals surface area contributed by atoms with E-state index in [1.54, 1.807) is 0 Å². The van der Waals surface area contributed by atoms with Crippen LogP contribution in [0, 0.1) is 11.8 Å². The second-order valence-electron chi connectivity index (χ2n) is 5.00. The van der Waals surface area contributed by atoms with E-state index in [2.05, 4.69) is 5.32 Å². The summed E-state index contributed by atoms with van der Waals surface area (Å²) in [6.45, 7) is 1.33. The normalized spacial score (nSPS) is 25.5. The molecule has 1 saturated carbocycles. The molecule has 6 heteroatoms. The van der Waals surface area contributed by atoms with Gasteiger partial charge < -0.3 is 11.1 Å². The van der Waals surface area contributed by atoms with Crippen molar-refractivity contribution in [1.29, 1.82) is 0 Å². The van der Waals surface area contributed by atoms with E-state index in [1.807, 2.05) is 0 Å². The molecule has 0 spiro atoms. The third-order valence-corrected chi connectivity index (χ3v) is 4.07. The van der Waals surface area contributed by atoms with Crippen LogP contribution in [0.3, 0.4) is 0 Å². The standard InChI is InChI=1S/C11H22N2O3S/c1-17(15,16)8-11(14)13-7-10-4-2-9(6-12)3-5-10/h9-10H,2-8,12H2,1H3,(H,13,14). The van der Waals surface area contributed by atoms with E-state index in [1.165, 1.54) is 0 Å². The van der Waals surface area contributed by atoms with Gasteiger partial charge in [-0.2, -0.15) is 0 Å². The summed E-state index contributed by atoms with van der Waals surface area (Å²) in [5, 5.41) is 2.69. The maximum absolute atomic E-state index is 11.3. The van der Waals surface area contributed by atoms with Crippen LogP contribution in [-0.4, -0.2) is 39.4 Å². The van der Waals surface area contributed by atoms with Crippen LogP contribution in [0.1, 0.15) is 25.7 Å². The van der Waals surface area contributed by atoms with E-state index in [9.17, 15) is 13.2 Å². The Bertz CT molecular complexity index is 346. The molecule has 0 heterocycles. The van der Waals surface area contributed by atoms with Crippen molar-refractivity contribution in [3.8, 4) is 0 Å². The van der Waals surface area contributed by atoms with E-state index in [4.69, 9.17) is 5.73 Å². The van der Waals surface area contributed by atoms with E-state index in [-0.39, 0.29) is 0 Å². The number of hydrogen-bond donors (Lipinski definition) is 2. The summed E-state index contributed by atoms with van der Waals surface area (Å²) in [7, 11) is -3.22. The van der Waals surface area contributed by atoms with Gasteiger partial charge in [-0.1, -0.05) is 0 Å². The fraction of sp³-hybridized carbons (Fsp3) is 0.909. The Balaban J connectivity index is 2.21. The Morgan fingerprint density at radius 3 is 2.24 bits per heavy atom. The molecule has 1 aliphatic rings. The van der Waals surface area contributed by atoms with Crippen molar-refractivity contribution in [3.63, 3.8) is 0 Å². The van der Waals surface area contributed by atoms with Gasteiger partial charge in [-0.15, -0.1) is 0 Å². The third-order valence-electron chi connectivity index (χ3n) is 3.28. The lowest BCUT2D eigenvalue weighted by Crippen LogP contribution is -2.35. The SMILES string of the molecule is CS(=O)(=O)CC(=O)NCC1CCC(CN)CC1. The van der Waals surface area contributed by atoms with Gasteiger partial charge in [0.1, 0.15) is 5.75 Å². The highest BCUT2D eigenvalue weighted by Crippen LogP contribution is 2.27. The monoisotopic (exact) mass is 262 g/mol. The fourth-order valence-corrected chi connectivity index (χ4v) is 2.80. The molecular weight excluding hydrogens is 240 g/mol. The van der Waals surface area contributed by atoms with Gasteiger partial charge in [0.25, 0.3) is 0 Å². The first-order valence-electron chi connectivity index (χ1n) is 6.05. The quantitative estimate of drug-likeness (QED) is 0.725. The van der Waals surface area contributed by atoms with Gasteiger partial charge in [0.05, 0.1) is 0 Å². The molecule has 5 nitrogen and oxygen atoms in total. The lowest BCUT2D eigenvalue weighted by atomic mass is 9.82. The van der Waals surface area contributed by atoms with Crippen LogP contribution in [0.4, 0.5) is 0 Å². The van der Waals surface area contributed by atoms with Crippen LogP contribution < -0.4 is 11.1 Å². The molecule has 0 unspecified atom stereocenters. The van der Waals surface area contributed by atoms with Crippen LogP contribution in [-0.2, 0) is 14.6 Å². The molecular formula is C11H22N2O3S. The van der Waals surface area contributed by atoms with Crippen LogP contribution in [0.5, 0.6) is 0 Å². The van der Waals surface area contributed by atoms with E-state index < -0.39 is 21.5 Å². The van der Waals surface area contributed by atoms with Gasteiger partial charge in [-0.05, 0) is 44.1 Å². The predicted octanol–water partition coefficient (Wildman–Crippen LogP) is -0.0877. The van der Waals surface area contributed by atoms with Crippen molar-refractivity contribution in [3.05, 3.63) is 0 Å². The molecule has 0 atom stereocenters. The highest BCUT2D eigenvalue weighted by atomic mass is 32.2. The van der Waals surface area contributed by atoms with Gasteiger partial charge in [0.2, 0.25) is 5.91 Å². The molecule has 0 aromatic rings. The summed E-state index contributed by atoms with van der Waals surface area (Å²) in [6, 6.07) is 0. The molecule has 1 rings (SSSR count). The largest absolute Gasteiger partial charge is 0.355 e. The highest BCUT2D eigenvalue weighted by molar-refractivity contribution is 7.91. The molecule has 0 aromatic heterocycles. The van der Waals surface area contributed by atoms with Crippen molar-refractivity contribution < 1.29 is 13.2 Å². The lowest BCUT2D eigenvalue weighted by molar-refractivity contribution is -0.118. The minimum atomic E-state index is -3.22. The maximum atomic E-state index is 11.3. The first-order chi connectivity index (χ1) is 7.90. The summed E-state index contributed by atoms with van der Waals surface area (Å²) in [6.07, 6.45) is 5.44. The van der Waals surface area contributed by atoms with E-state index >= 15 is 0 Å². The number of rotatable bonds is 5. The minimum Gasteiger partial charge on any atom is -0.355 e. The van der Waals surface area contributed by atoms with Gasteiger partial charge in [-0.25, -0.2) is 8.42 Å². The highest BCUT2D eigenvalue weighted by Gasteiger charge is 2.21. The summed E-state index contributed by atoms with van der Waals surface area (Å²) < 4.78 is 21.8. The zero-order valence-electron chi connectivity index (χ0n) is 10.3. The summed E-state index contributed by atoms with van der Waals surface area (Å²) in [5.74, 6) is 0.290. The predicted molar refractivity (Wildman–Crippen MR) is 67.2 cm³/mol. The summed E-state index contributed by atoms with van der Waals surface area (Å²) in [5.41, 5.74) is 5.60. The maximum Gasteiger partial charge on any atom is 0.235 e. The van der Waals surface area contributed by atoms with Crippen molar-refractivity contribution in [1.82, 2.24) is 5.32 Å². The molecule has 1 aliphatic carbocycles. The third kappa shape index (κ3) is 6.02. The molecule has 100 valence electrons. The molecule has 17 heavy (non-hydrogen) atoms. The second-order valence-corrected chi connectivity index (χ2v) is 7.14. The van der Waals surface area contributed by atoms with Crippen molar-refractivity contribution in [2.45, 2.75) is 25.7 Å². The smallest absolute Gasteiger partial charge is 0.235 e. The molecule has 1 fully saturated rings. The Labute approximate surface area is 103 Å². The molecule has 1 amide bonds. The molecule has 0 bridgehead atoms. The number of carbonyl (C=O) groups excluding carboxylic acids is 1. The molecule has 0 aliphatic heterocycles. The zero-order chi connectivity index (χ0) is 12.9. The fourth-order valence-electron chi connectivity index (χ4n) is 2.22. The number of carbonyl (C=O) groups is 1. The average Bonchev–Trinajstić information content (AvgIpc) is 2.25. The van der Waals surface area contributed by atoms with Gasteiger partial charge >= 0.3 is 0 Å². The minimum absolute atomic E-state index is 0.395. The molecule has 0 radical (unpaired) electrons. The molecule has 0 saturated heterocycles. The summed E-state index contributed by atoms with van der Waals surface area (Å²) >= 11 is 0. The Hall–Kier alpha value is -0.620. The van der Waals surface area contributed by atoms with Gasteiger partial charge in [0.15, 0.2) is 9.84 Å². The number of amides is 1. The zero-order valence-corrected chi connectivity index (χ0v) is 11.1. The first kappa shape index (κ1) is 14.4. The van der Waals surface area contributed by atoms with E-state index in [0.717, 1.165) is 38.5 Å². The number of nitrogens with one attached hydrogen (secondary N) is 1. The second kappa shape index (κ2) is 6.35. The Kier molecular flexibility index (Phi) is 5.39. The van der Waals surface area contributed by atoms with Gasteiger partial charge in [0, 0.05) is 12.8 Å². The van der Waals surface area contributed by atoms with Crippen molar-refractivity contribution >= 4 is 15.7 Å². The lowest BCUT2D eigenvalue weighted by Gasteiger charge is -2.27. The molecule has 0 aromatic carbocycles. The van der Waals surface area contributed by atoms with Gasteiger partial charge in [-0.3, -0.25) is 4.79 Å². The summed E-state index contributed by atoms with van der Waals surface area (Å²) in [4.78, 5) is 11.3. The van der Waals surface area contributed by atoms with Crippen molar-refractivity contribution in [2.75, 3.05) is 25.1 Å². The first-order valence-corrected chi connectivity index (χ1v) is 8.11. The number of hydrogen-bond acceptors (Lipinski definition) is 4. The Morgan fingerprint density at radius 2 is 1.76 bits per heavy atom.